The molecule has 0 aliphatic rings. The molecular weight excluding hydrogens is 456 g/mol. The lowest BCUT2D eigenvalue weighted by molar-refractivity contribution is -0.145. The van der Waals surface area contributed by atoms with Crippen LogP contribution >= 0.6 is 0 Å². The molecule has 2 atom stereocenters. The lowest BCUT2D eigenvalue weighted by atomic mass is 10.1. The number of benzene rings is 2. The number of carbonyl (C=O) groups is 3. The van der Waals surface area contributed by atoms with E-state index in [-0.39, 0.29) is 31.1 Å². The van der Waals surface area contributed by atoms with Gasteiger partial charge >= 0.3 is 12.1 Å². The van der Waals surface area contributed by atoms with Crippen molar-refractivity contribution in [2.45, 2.75) is 49.6 Å². The van der Waals surface area contributed by atoms with Gasteiger partial charge in [0.25, 0.3) is 0 Å². The lowest BCUT2D eigenvalue weighted by Gasteiger charge is -2.16. The van der Waals surface area contributed by atoms with Crippen LogP contribution in [0.4, 0.5) is 4.79 Å². The first-order chi connectivity index (χ1) is 16.5. The van der Waals surface area contributed by atoms with Crippen LogP contribution in [0, 0.1) is 0 Å². The number of nitrogens with one attached hydrogen (secondary N) is 2. The summed E-state index contributed by atoms with van der Waals surface area (Å²) in [5.74, 6) is -0.594. The van der Waals surface area contributed by atoms with Crippen LogP contribution in [0.2, 0.25) is 0 Å². The number of ether oxygens (including phenoxy) is 2. The molecule has 2 aromatic rings. The van der Waals surface area contributed by atoms with Gasteiger partial charge in [0.2, 0.25) is 5.91 Å². The van der Waals surface area contributed by atoms with Gasteiger partial charge in [-0.25, -0.2) is 9.59 Å². The van der Waals surface area contributed by atoms with Crippen LogP contribution in [-0.4, -0.2) is 47.6 Å². The summed E-state index contributed by atoms with van der Waals surface area (Å²) in [6.45, 7) is 0.665. The number of amides is 2. The Hall–Kier alpha value is -3.20. The number of rotatable bonds is 14. The molecule has 0 aliphatic heterocycles. The van der Waals surface area contributed by atoms with Crippen LogP contribution in [0.15, 0.2) is 65.6 Å². The summed E-state index contributed by atoms with van der Waals surface area (Å²) >= 11 is 0. The van der Waals surface area contributed by atoms with Crippen molar-refractivity contribution < 1.29 is 28.1 Å². The van der Waals surface area contributed by atoms with E-state index in [1.807, 2.05) is 36.4 Å². The maximum absolute atomic E-state index is 12.4. The average molecular weight is 489 g/mol. The topological polar surface area (TPSA) is 111 Å². The largest absolute Gasteiger partial charge is 0.467 e. The normalized spacial score (nSPS) is 12.3. The zero-order valence-electron chi connectivity index (χ0n) is 19.4. The number of hydrogen-bond acceptors (Lipinski definition) is 6. The molecule has 0 aromatic heterocycles. The summed E-state index contributed by atoms with van der Waals surface area (Å²) in [6, 6.07) is 17.5. The Kier molecular flexibility index (Phi) is 12.4. The van der Waals surface area contributed by atoms with E-state index in [4.69, 9.17) is 9.47 Å². The first-order valence-electron chi connectivity index (χ1n) is 11.2. The molecule has 2 amide bonds. The van der Waals surface area contributed by atoms with Gasteiger partial charge in [0.05, 0.1) is 17.9 Å². The summed E-state index contributed by atoms with van der Waals surface area (Å²) in [6.07, 6.45) is 2.02. The molecule has 0 heterocycles. The lowest BCUT2D eigenvalue weighted by Crippen LogP contribution is -2.42. The fraction of sp³-hybridized carbons (Fsp3) is 0.400. The highest BCUT2D eigenvalue weighted by atomic mass is 32.2. The molecule has 2 rings (SSSR count). The Morgan fingerprint density at radius 1 is 0.941 bits per heavy atom. The maximum atomic E-state index is 12.4. The van der Waals surface area contributed by atoms with Crippen molar-refractivity contribution in [3.05, 3.63) is 66.2 Å². The number of unbranched alkanes of at least 4 members (excludes halogenated alkanes) is 2. The molecular formula is C25H32N2O6S. The van der Waals surface area contributed by atoms with Gasteiger partial charge in [-0.3, -0.25) is 9.00 Å². The van der Waals surface area contributed by atoms with Crippen LogP contribution in [-0.2, 0) is 36.5 Å². The second kappa shape index (κ2) is 15.6. The standard InChI is InChI=1S/C25H32N2O6S/c1-32-24(29)22(16-18-34(31)21-13-7-3-8-14-21)27-23(28)15-9-4-10-17-26-25(30)33-19-20-11-5-2-6-12-20/h2-3,5-8,11-14,22H,4,9-10,15-19H2,1H3,(H,26,30)(H,27,28)/t22-,34+/m0/s1. The quantitative estimate of drug-likeness (QED) is 0.312. The van der Waals surface area contributed by atoms with E-state index < -0.39 is 28.9 Å². The van der Waals surface area contributed by atoms with E-state index in [0.29, 0.717) is 24.3 Å². The minimum absolute atomic E-state index is 0.215. The van der Waals surface area contributed by atoms with Gasteiger partial charge in [-0.1, -0.05) is 55.0 Å². The van der Waals surface area contributed by atoms with Crippen molar-refractivity contribution >= 4 is 28.8 Å². The van der Waals surface area contributed by atoms with Gasteiger partial charge in [0.15, 0.2) is 0 Å². The first kappa shape index (κ1) is 27.0. The fourth-order valence-corrected chi connectivity index (χ4v) is 4.27. The molecule has 2 aromatic carbocycles. The van der Waals surface area contributed by atoms with Crippen molar-refractivity contribution in [1.29, 1.82) is 0 Å². The van der Waals surface area contributed by atoms with E-state index in [2.05, 4.69) is 10.6 Å². The Bertz CT molecular complexity index is 924. The highest BCUT2D eigenvalue weighted by Crippen LogP contribution is 2.09. The molecule has 0 fully saturated rings. The Morgan fingerprint density at radius 2 is 1.62 bits per heavy atom. The van der Waals surface area contributed by atoms with Gasteiger partial charge in [0, 0.05) is 23.6 Å². The molecule has 0 unspecified atom stereocenters. The molecule has 0 saturated carbocycles. The number of hydrogen-bond donors (Lipinski definition) is 2. The molecule has 0 spiro atoms. The van der Waals surface area contributed by atoms with Gasteiger partial charge in [-0.05, 0) is 37.0 Å². The predicted octanol–water partition coefficient (Wildman–Crippen LogP) is 3.33. The summed E-state index contributed by atoms with van der Waals surface area (Å²) in [5, 5.41) is 5.36. The average Bonchev–Trinajstić information content (AvgIpc) is 2.87. The van der Waals surface area contributed by atoms with Crippen LogP contribution < -0.4 is 10.6 Å². The summed E-state index contributed by atoms with van der Waals surface area (Å²) < 4.78 is 22.3. The van der Waals surface area contributed by atoms with Crippen LogP contribution in [0.25, 0.3) is 0 Å². The van der Waals surface area contributed by atoms with Gasteiger partial charge in [0.1, 0.15) is 12.6 Å². The third-order valence-corrected chi connectivity index (χ3v) is 6.39. The smallest absolute Gasteiger partial charge is 0.407 e. The number of alkyl carbamates (subject to hydrolysis) is 1. The molecule has 8 nitrogen and oxygen atoms in total. The summed E-state index contributed by atoms with van der Waals surface area (Å²) in [4.78, 5) is 36.7. The highest BCUT2D eigenvalue weighted by molar-refractivity contribution is 7.85. The molecule has 34 heavy (non-hydrogen) atoms. The number of esters is 1. The van der Waals surface area contributed by atoms with Crippen molar-refractivity contribution in [2.24, 2.45) is 0 Å². The van der Waals surface area contributed by atoms with Crippen LogP contribution in [0.3, 0.4) is 0 Å². The number of carbonyl (C=O) groups excluding carboxylic acids is 3. The van der Waals surface area contributed by atoms with E-state index in [1.54, 1.807) is 24.3 Å². The minimum Gasteiger partial charge on any atom is -0.467 e. The Balaban J connectivity index is 1.60. The summed E-state index contributed by atoms with van der Waals surface area (Å²) in [5.41, 5.74) is 0.917. The second-order valence-corrected chi connectivity index (χ2v) is 9.16. The SMILES string of the molecule is COC(=O)[C@H](CC[S@@](=O)c1ccccc1)NC(=O)CCCCCNC(=O)OCc1ccccc1. The number of methoxy groups -OCH3 is 1. The molecule has 9 heteroatoms. The van der Waals surface area contributed by atoms with Gasteiger partial charge < -0.3 is 20.1 Å². The highest BCUT2D eigenvalue weighted by Gasteiger charge is 2.22. The van der Waals surface area contributed by atoms with Crippen molar-refractivity contribution in [3.63, 3.8) is 0 Å². The summed E-state index contributed by atoms with van der Waals surface area (Å²) in [7, 11) is -0.00952. The van der Waals surface area contributed by atoms with Crippen molar-refractivity contribution in [3.8, 4) is 0 Å². The van der Waals surface area contributed by atoms with Crippen LogP contribution in [0.1, 0.15) is 37.7 Å². The van der Waals surface area contributed by atoms with E-state index in [1.165, 1.54) is 7.11 Å². The third kappa shape index (κ3) is 10.6. The molecule has 2 N–H and O–H groups in total. The van der Waals surface area contributed by atoms with Gasteiger partial charge in [-0.15, -0.1) is 0 Å². The molecule has 0 radical (unpaired) electrons. The van der Waals surface area contributed by atoms with Crippen LogP contribution in [0.5, 0.6) is 0 Å². The van der Waals surface area contributed by atoms with E-state index >= 15 is 0 Å². The minimum atomic E-state index is -1.27. The molecule has 0 aliphatic carbocycles. The molecule has 0 bridgehead atoms. The third-order valence-electron chi connectivity index (χ3n) is 4.98. The molecule has 184 valence electrons. The van der Waals surface area contributed by atoms with Crippen molar-refractivity contribution in [2.75, 3.05) is 19.4 Å². The zero-order valence-corrected chi connectivity index (χ0v) is 20.2. The zero-order chi connectivity index (χ0) is 24.6. The Morgan fingerprint density at radius 3 is 2.29 bits per heavy atom. The van der Waals surface area contributed by atoms with E-state index in [9.17, 15) is 18.6 Å². The Labute approximate surface area is 202 Å². The second-order valence-electron chi connectivity index (χ2n) is 7.59. The fourth-order valence-electron chi connectivity index (χ4n) is 3.12. The first-order valence-corrected chi connectivity index (χ1v) is 12.6. The predicted molar refractivity (Wildman–Crippen MR) is 129 cm³/mol. The maximum Gasteiger partial charge on any atom is 0.407 e. The van der Waals surface area contributed by atoms with Crippen molar-refractivity contribution in [1.82, 2.24) is 10.6 Å². The monoisotopic (exact) mass is 488 g/mol. The molecule has 0 saturated heterocycles. The van der Waals surface area contributed by atoms with Gasteiger partial charge in [-0.2, -0.15) is 0 Å². The van der Waals surface area contributed by atoms with E-state index in [0.717, 1.165) is 12.0 Å².